The van der Waals surface area contributed by atoms with Crippen molar-refractivity contribution < 1.29 is 17.9 Å². The van der Waals surface area contributed by atoms with Gasteiger partial charge in [-0.3, -0.25) is 4.79 Å². The van der Waals surface area contributed by atoms with Crippen molar-refractivity contribution in [2.45, 2.75) is 57.1 Å². The highest BCUT2D eigenvalue weighted by Gasteiger charge is 2.36. The van der Waals surface area contributed by atoms with Gasteiger partial charge in [-0.05, 0) is 51.2 Å². The smallest absolute Gasteiger partial charge is 0.233 e. The monoisotopic (exact) mass is 411 g/mol. The van der Waals surface area contributed by atoms with Crippen LogP contribution in [0.3, 0.4) is 0 Å². The molecule has 0 bridgehead atoms. The molecule has 2 aliphatic rings. The number of rotatable bonds is 6. The maximum atomic E-state index is 13.0. The molecule has 0 aromatic heterocycles. The fourth-order valence-corrected chi connectivity index (χ4v) is 6.83. The Morgan fingerprint density at radius 2 is 1.93 bits per heavy atom. The predicted octanol–water partition coefficient (Wildman–Crippen LogP) is 2.90. The molecule has 2 atom stereocenters. The standard InChI is InChI=1S/C20H29NO4S2/c1-14-9-15(2)20(16(3)10-14)26-12-19(22)21(11-18-5-4-7-25-18)17-6-8-27(23,24)13-17/h9-10,17-18H,4-8,11-13H2,1-3H3/t17-,18+/m0/s1. The summed E-state index contributed by atoms with van der Waals surface area (Å²) in [5.41, 5.74) is 3.58. The second-order valence-corrected chi connectivity index (χ2v) is 11.0. The van der Waals surface area contributed by atoms with E-state index < -0.39 is 9.84 Å². The van der Waals surface area contributed by atoms with Gasteiger partial charge in [0.15, 0.2) is 9.84 Å². The molecule has 2 aliphatic heterocycles. The quantitative estimate of drug-likeness (QED) is 0.674. The van der Waals surface area contributed by atoms with Crippen molar-refractivity contribution in [3.05, 3.63) is 28.8 Å². The molecule has 3 rings (SSSR count). The fraction of sp³-hybridized carbons (Fsp3) is 0.650. The van der Waals surface area contributed by atoms with Gasteiger partial charge in [0.05, 0.1) is 23.4 Å². The van der Waals surface area contributed by atoms with E-state index in [0.717, 1.165) is 24.3 Å². The number of ether oxygens (including phenoxy) is 1. The highest BCUT2D eigenvalue weighted by Crippen LogP contribution is 2.29. The Morgan fingerprint density at radius 1 is 1.22 bits per heavy atom. The zero-order valence-electron chi connectivity index (χ0n) is 16.4. The Labute approximate surface area is 166 Å². The molecule has 150 valence electrons. The third-order valence-electron chi connectivity index (χ3n) is 5.34. The Kier molecular flexibility index (Phi) is 6.54. The van der Waals surface area contributed by atoms with Crippen molar-refractivity contribution in [3.8, 4) is 0 Å². The van der Waals surface area contributed by atoms with Crippen LogP contribution in [0.25, 0.3) is 0 Å². The molecule has 2 heterocycles. The molecule has 7 heteroatoms. The molecular weight excluding hydrogens is 382 g/mol. The van der Waals surface area contributed by atoms with Gasteiger partial charge in [-0.25, -0.2) is 8.42 Å². The minimum Gasteiger partial charge on any atom is -0.376 e. The maximum absolute atomic E-state index is 13.0. The van der Waals surface area contributed by atoms with Gasteiger partial charge in [0.25, 0.3) is 0 Å². The summed E-state index contributed by atoms with van der Waals surface area (Å²) in [5.74, 6) is 0.597. The number of carbonyl (C=O) groups is 1. The lowest BCUT2D eigenvalue weighted by Gasteiger charge is -2.30. The van der Waals surface area contributed by atoms with Gasteiger partial charge in [-0.1, -0.05) is 17.7 Å². The highest BCUT2D eigenvalue weighted by molar-refractivity contribution is 8.00. The van der Waals surface area contributed by atoms with E-state index in [4.69, 9.17) is 4.74 Å². The zero-order chi connectivity index (χ0) is 19.6. The molecule has 0 aliphatic carbocycles. The van der Waals surface area contributed by atoms with E-state index in [9.17, 15) is 13.2 Å². The molecule has 1 aromatic rings. The summed E-state index contributed by atoms with van der Waals surface area (Å²) in [6.45, 7) is 7.45. The van der Waals surface area contributed by atoms with Gasteiger partial charge in [-0.2, -0.15) is 0 Å². The molecule has 0 N–H and O–H groups in total. The molecule has 0 spiro atoms. The van der Waals surface area contributed by atoms with Gasteiger partial charge in [0.2, 0.25) is 5.91 Å². The lowest BCUT2D eigenvalue weighted by molar-refractivity contribution is -0.131. The minimum atomic E-state index is -3.03. The number of hydrogen-bond acceptors (Lipinski definition) is 5. The summed E-state index contributed by atoms with van der Waals surface area (Å²) in [4.78, 5) is 16.0. The molecule has 1 aromatic carbocycles. The summed E-state index contributed by atoms with van der Waals surface area (Å²) in [7, 11) is -3.03. The van der Waals surface area contributed by atoms with Crippen molar-refractivity contribution in [1.82, 2.24) is 4.90 Å². The first-order chi connectivity index (χ1) is 12.7. The SMILES string of the molecule is Cc1cc(C)c(SCC(=O)N(C[C@H]2CCCO2)[C@H]2CCS(=O)(=O)C2)c(C)c1. The molecule has 2 saturated heterocycles. The van der Waals surface area contributed by atoms with Gasteiger partial charge in [0, 0.05) is 24.1 Å². The third kappa shape index (κ3) is 5.27. The Morgan fingerprint density at radius 3 is 2.48 bits per heavy atom. The van der Waals surface area contributed by atoms with Gasteiger partial charge < -0.3 is 9.64 Å². The average Bonchev–Trinajstić information content (AvgIpc) is 3.20. The Balaban J connectivity index is 1.70. The van der Waals surface area contributed by atoms with Crippen LogP contribution in [-0.2, 0) is 19.4 Å². The van der Waals surface area contributed by atoms with Crippen molar-refractivity contribution in [1.29, 1.82) is 0 Å². The first kappa shape index (κ1) is 20.7. The van der Waals surface area contributed by atoms with E-state index in [1.165, 1.54) is 16.7 Å². The summed E-state index contributed by atoms with van der Waals surface area (Å²) < 4.78 is 29.6. The van der Waals surface area contributed by atoms with Crippen LogP contribution in [-0.4, -0.2) is 61.8 Å². The van der Waals surface area contributed by atoms with Crippen LogP contribution in [0.15, 0.2) is 17.0 Å². The summed E-state index contributed by atoms with van der Waals surface area (Å²) in [6.07, 6.45) is 2.51. The first-order valence-electron chi connectivity index (χ1n) is 9.57. The summed E-state index contributed by atoms with van der Waals surface area (Å²) >= 11 is 1.55. The molecule has 5 nitrogen and oxygen atoms in total. The van der Waals surface area contributed by atoms with Crippen LogP contribution >= 0.6 is 11.8 Å². The maximum Gasteiger partial charge on any atom is 0.233 e. The van der Waals surface area contributed by atoms with E-state index in [1.807, 2.05) is 0 Å². The van der Waals surface area contributed by atoms with Crippen LogP contribution < -0.4 is 0 Å². The van der Waals surface area contributed by atoms with Crippen LogP contribution in [0.4, 0.5) is 0 Å². The highest BCUT2D eigenvalue weighted by atomic mass is 32.2. The molecule has 27 heavy (non-hydrogen) atoms. The number of thioether (sulfide) groups is 1. The van der Waals surface area contributed by atoms with E-state index >= 15 is 0 Å². The molecule has 0 radical (unpaired) electrons. The van der Waals surface area contributed by atoms with E-state index in [2.05, 4.69) is 32.9 Å². The molecule has 0 unspecified atom stereocenters. The first-order valence-corrected chi connectivity index (χ1v) is 12.4. The van der Waals surface area contributed by atoms with Gasteiger partial charge >= 0.3 is 0 Å². The van der Waals surface area contributed by atoms with E-state index in [-0.39, 0.29) is 29.6 Å². The topological polar surface area (TPSA) is 63.7 Å². The number of benzene rings is 1. The fourth-order valence-electron chi connectivity index (χ4n) is 4.09. The van der Waals surface area contributed by atoms with Crippen LogP contribution in [0, 0.1) is 20.8 Å². The third-order valence-corrected chi connectivity index (χ3v) is 8.41. The van der Waals surface area contributed by atoms with Crippen molar-refractivity contribution in [2.24, 2.45) is 0 Å². The Hall–Kier alpha value is -1.05. The summed E-state index contributed by atoms with van der Waals surface area (Å²) in [5, 5.41) is 0. The number of carbonyl (C=O) groups excluding carboxylic acids is 1. The second kappa shape index (κ2) is 8.53. The molecule has 2 fully saturated rings. The number of sulfone groups is 1. The lowest BCUT2D eigenvalue weighted by atomic mass is 10.1. The zero-order valence-corrected chi connectivity index (χ0v) is 18.0. The van der Waals surface area contributed by atoms with E-state index in [1.54, 1.807) is 16.7 Å². The average molecular weight is 412 g/mol. The number of amides is 1. The summed E-state index contributed by atoms with van der Waals surface area (Å²) in [6, 6.07) is 4.05. The largest absolute Gasteiger partial charge is 0.376 e. The van der Waals surface area contributed by atoms with Crippen LogP contribution in [0.2, 0.25) is 0 Å². The minimum absolute atomic E-state index is 0.0111. The van der Waals surface area contributed by atoms with Crippen LogP contribution in [0.1, 0.15) is 36.0 Å². The molecular formula is C20H29NO4S2. The van der Waals surface area contributed by atoms with Crippen molar-refractivity contribution in [2.75, 3.05) is 30.4 Å². The number of hydrogen-bond donors (Lipinski definition) is 0. The molecule has 0 saturated carbocycles. The van der Waals surface area contributed by atoms with Gasteiger partial charge in [0.1, 0.15) is 0 Å². The Bertz CT molecular complexity index is 777. The van der Waals surface area contributed by atoms with Gasteiger partial charge in [-0.15, -0.1) is 11.8 Å². The molecule has 1 amide bonds. The number of aryl methyl sites for hydroxylation is 3. The second-order valence-electron chi connectivity index (χ2n) is 7.75. The number of nitrogens with zero attached hydrogens (tertiary/aromatic N) is 1. The van der Waals surface area contributed by atoms with Crippen LogP contribution in [0.5, 0.6) is 0 Å². The van der Waals surface area contributed by atoms with E-state index in [0.29, 0.717) is 18.7 Å². The predicted molar refractivity (Wildman–Crippen MR) is 109 cm³/mol. The van der Waals surface area contributed by atoms with Crippen molar-refractivity contribution >= 4 is 27.5 Å². The normalized spacial score (nSPS) is 24.3. The van der Waals surface area contributed by atoms with Crippen molar-refractivity contribution in [3.63, 3.8) is 0 Å². The lowest BCUT2D eigenvalue weighted by Crippen LogP contribution is -2.46.